The largest absolute Gasteiger partial charge is 0.465 e. The van der Waals surface area contributed by atoms with E-state index in [0.29, 0.717) is 11.4 Å². The van der Waals surface area contributed by atoms with E-state index in [1.807, 2.05) is 19.2 Å². The maximum absolute atomic E-state index is 11.7. The van der Waals surface area contributed by atoms with Gasteiger partial charge in [0.1, 0.15) is 22.7 Å². The Labute approximate surface area is 114 Å². The standard InChI is InChI=1S/C12H14N4O2S/c1-12(2,11-14-4-5-19-11)16-9-8(10(17)18-3)6-13-7-15-9/h4-7H,1-3H3,(H,13,15,16). The first-order chi connectivity index (χ1) is 9.04. The Morgan fingerprint density at radius 3 is 2.84 bits per heavy atom. The van der Waals surface area contributed by atoms with Crippen LogP contribution in [0.1, 0.15) is 29.2 Å². The van der Waals surface area contributed by atoms with Gasteiger partial charge in [-0.2, -0.15) is 0 Å². The Morgan fingerprint density at radius 2 is 2.21 bits per heavy atom. The zero-order chi connectivity index (χ0) is 13.9. The van der Waals surface area contributed by atoms with E-state index < -0.39 is 11.5 Å². The maximum Gasteiger partial charge on any atom is 0.343 e. The van der Waals surface area contributed by atoms with Gasteiger partial charge in [-0.1, -0.05) is 0 Å². The molecular formula is C12H14N4O2S. The number of hydrogen-bond acceptors (Lipinski definition) is 7. The smallest absolute Gasteiger partial charge is 0.343 e. The van der Waals surface area contributed by atoms with Gasteiger partial charge >= 0.3 is 5.97 Å². The molecule has 0 atom stereocenters. The number of thiazole rings is 1. The van der Waals surface area contributed by atoms with Crippen molar-refractivity contribution < 1.29 is 9.53 Å². The summed E-state index contributed by atoms with van der Waals surface area (Å²) >= 11 is 1.54. The van der Waals surface area contributed by atoms with Crippen molar-refractivity contribution in [3.8, 4) is 0 Å². The second-order valence-electron chi connectivity index (χ2n) is 4.36. The van der Waals surface area contributed by atoms with Crippen LogP contribution in [-0.4, -0.2) is 28.0 Å². The van der Waals surface area contributed by atoms with Gasteiger partial charge in [0, 0.05) is 17.8 Å². The molecule has 0 aliphatic heterocycles. The highest BCUT2D eigenvalue weighted by Crippen LogP contribution is 2.27. The number of anilines is 1. The van der Waals surface area contributed by atoms with Crippen molar-refractivity contribution in [2.24, 2.45) is 0 Å². The van der Waals surface area contributed by atoms with Gasteiger partial charge in [-0.15, -0.1) is 11.3 Å². The average molecular weight is 278 g/mol. The molecule has 0 bridgehead atoms. The topological polar surface area (TPSA) is 77.0 Å². The van der Waals surface area contributed by atoms with Crippen LogP contribution in [0.3, 0.4) is 0 Å². The third-order valence-electron chi connectivity index (χ3n) is 2.52. The fraction of sp³-hybridized carbons (Fsp3) is 0.333. The molecule has 0 aliphatic rings. The number of esters is 1. The summed E-state index contributed by atoms with van der Waals surface area (Å²) in [5.74, 6) is -0.0416. The summed E-state index contributed by atoms with van der Waals surface area (Å²) < 4.78 is 4.71. The number of carbonyl (C=O) groups excluding carboxylic acids is 1. The van der Waals surface area contributed by atoms with E-state index in [-0.39, 0.29) is 0 Å². The zero-order valence-electron chi connectivity index (χ0n) is 10.9. The lowest BCUT2D eigenvalue weighted by Gasteiger charge is -2.25. The minimum absolute atomic E-state index is 0.301. The lowest BCUT2D eigenvalue weighted by molar-refractivity contribution is 0.0601. The summed E-state index contributed by atoms with van der Waals surface area (Å²) in [4.78, 5) is 23.9. The van der Waals surface area contributed by atoms with E-state index in [2.05, 4.69) is 20.3 Å². The summed E-state index contributed by atoms with van der Waals surface area (Å²) in [6.45, 7) is 3.93. The van der Waals surface area contributed by atoms with Crippen LogP contribution in [-0.2, 0) is 10.3 Å². The molecule has 0 spiro atoms. The minimum atomic E-state index is -0.474. The Hall–Kier alpha value is -2.02. The van der Waals surface area contributed by atoms with Crippen molar-refractivity contribution in [3.63, 3.8) is 0 Å². The van der Waals surface area contributed by atoms with Crippen LogP contribution in [0.5, 0.6) is 0 Å². The SMILES string of the molecule is COC(=O)c1cncnc1NC(C)(C)c1nccs1. The number of nitrogens with one attached hydrogen (secondary N) is 1. The summed E-state index contributed by atoms with van der Waals surface area (Å²) in [7, 11) is 1.32. The molecule has 7 heteroatoms. The molecule has 0 unspecified atom stereocenters. The molecule has 0 fully saturated rings. The van der Waals surface area contributed by atoms with Crippen LogP contribution in [0.2, 0.25) is 0 Å². The molecule has 0 radical (unpaired) electrons. The lowest BCUT2D eigenvalue weighted by atomic mass is 10.1. The predicted molar refractivity (Wildman–Crippen MR) is 72.1 cm³/mol. The molecule has 0 saturated heterocycles. The summed E-state index contributed by atoms with van der Waals surface area (Å²) in [6, 6.07) is 0. The third-order valence-corrected chi connectivity index (χ3v) is 3.61. The van der Waals surface area contributed by atoms with Gasteiger partial charge in [-0.05, 0) is 13.8 Å². The van der Waals surface area contributed by atoms with Crippen LogP contribution in [0.15, 0.2) is 24.1 Å². The molecule has 2 aromatic rings. The van der Waals surface area contributed by atoms with Crippen molar-refractivity contribution in [2.75, 3.05) is 12.4 Å². The molecular weight excluding hydrogens is 264 g/mol. The maximum atomic E-state index is 11.7. The zero-order valence-corrected chi connectivity index (χ0v) is 11.7. The van der Waals surface area contributed by atoms with Gasteiger partial charge in [-0.25, -0.2) is 19.7 Å². The number of nitrogens with zero attached hydrogens (tertiary/aromatic N) is 3. The molecule has 6 nitrogen and oxygen atoms in total. The van der Waals surface area contributed by atoms with Crippen molar-refractivity contribution >= 4 is 23.1 Å². The molecule has 0 aliphatic carbocycles. The lowest BCUT2D eigenvalue weighted by Crippen LogP contribution is -2.29. The summed E-state index contributed by atoms with van der Waals surface area (Å²) in [5.41, 5.74) is -0.139. The van der Waals surface area contributed by atoms with E-state index in [4.69, 9.17) is 4.74 Å². The van der Waals surface area contributed by atoms with E-state index in [0.717, 1.165) is 5.01 Å². The van der Waals surface area contributed by atoms with Crippen molar-refractivity contribution in [1.82, 2.24) is 15.0 Å². The van der Waals surface area contributed by atoms with Gasteiger partial charge in [-0.3, -0.25) is 0 Å². The first-order valence-corrected chi connectivity index (χ1v) is 6.49. The van der Waals surface area contributed by atoms with Crippen LogP contribution >= 0.6 is 11.3 Å². The number of methoxy groups -OCH3 is 1. The molecule has 19 heavy (non-hydrogen) atoms. The van der Waals surface area contributed by atoms with Gasteiger partial charge in [0.2, 0.25) is 0 Å². The molecule has 1 N–H and O–H groups in total. The first-order valence-electron chi connectivity index (χ1n) is 5.61. The van der Waals surface area contributed by atoms with E-state index in [1.165, 1.54) is 31.0 Å². The second-order valence-corrected chi connectivity index (χ2v) is 5.26. The number of aromatic nitrogens is 3. The highest BCUT2D eigenvalue weighted by Gasteiger charge is 2.26. The first kappa shape index (κ1) is 13.4. The highest BCUT2D eigenvalue weighted by atomic mass is 32.1. The van der Waals surface area contributed by atoms with Gasteiger partial charge in [0.05, 0.1) is 12.6 Å². The van der Waals surface area contributed by atoms with E-state index >= 15 is 0 Å². The number of rotatable bonds is 4. The Bertz CT molecular complexity index is 569. The molecule has 0 amide bonds. The Balaban J connectivity index is 2.31. The number of ether oxygens (including phenoxy) is 1. The summed E-state index contributed by atoms with van der Waals surface area (Å²) in [6.07, 6.45) is 4.55. The fourth-order valence-electron chi connectivity index (χ4n) is 1.57. The van der Waals surface area contributed by atoms with Gasteiger partial charge in [0.25, 0.3) is 0 Å². The van der Waals surface area contributed by atoms with Crippen molar-refractivity contribution in [2.45, 2.75) is 19.4 Å². The second kappa shape index (κ2) is 5.31. The van der Waals surface area contributed by atoms with Crippen LogP contribution < -0.4 is 5.32 Å². The normalized spacial score (nSPS) is 11.1. The number of carbonyl (C=O) groups is 1. The van der Waals surface area contributed by atoms with Crippen LogP contribution in [0.4, 0.5) is 5.82 Å². The minimum Gasteiger partial charge on any atom is -0.465 e. The fourth-order valence-corrected chi connectivity index (χ4v) is 2.29. The van der Waals surface area contributed by atoms with E-state index in [9.17, 15) is 4.79 Å². The number of hydrogen-bond donors (Lipinski definition) is 1. The molecule has 2 heterocycles. The molecule has 100 valence electrons. The summed E-state index contributed by atoms with van der Waals surface area (Å²) in [5, 5.41) is 6.01. The molecule has 2 aromatic heterocycles. The monoisotopic (exact) mass is 278 g/mol. The average Bonchev–Trinajstić information content (AvgIpc) is 2.93. The van der Waals surface area contributed by atoms with Gasteiger partial charge < -0.3 is 10.1 Å². The van der Waals surface area contributed by atoms with Crippen LogP contribution in [0, 0.1) is 0 Å². The third kappa shape index (κ3) is 2.87. The Morgan fingerprint density at radius 1 is 1.42 bits per heavy atom. The van der Waals surface area contributed by atoms with Crippen molar-refractivity contribution in [3.05, 3.63) is 34.7 Å². The predicted octanol–water partition coefficient (Wildman–Crippen LogP) is 2.07. The molecule has 0 saturated carbocycles. The molecule has 2 rings (SSSR count). The van der Waals surface area contributed by atoms with Gasteiger partial charge in [0.15, 0.2) is 0 Å². The highest BCUT2D eigenvalue weighted by molar-refractivity contribution is 7.09. The van der Waals surface area contributed by atoms with E-state index in [1.54, 1.807) is 6.20 Å². The van der Waals surface area contributed by atoms with Crippen molar-refractivity contribution in [1.29, 1.82) is 0 Å². The van der Waals surface area contributed by atoms with Crippen LogP contribution in [0.25, 0.3) is 0 Å². The molecule has 0 aromatic carbocycles. The quantitative estimate of drug-likeness (QED) is 0.863. The Kier molecular flexibility index (Phi) is 3.75.